The Morgan fingerprint density at radius 3 is 2.60 bits per heavy atom. The second-order valence-electron chi connectivity index (χ2n) is 2.48. The van der Waals surface area contributed by atoms with Crippen LogP contribution in [-0.4, -0.2) is 21.3 Å². The summed E-state index contributed by atoms with van der Waals surface area (Å²) in [6, 6.07) is 0.458. The predicted octanol–water partition coefficient (Wildman–Crippen LogP) is 1.45. The van der Waals surface area contributed by atoms with Gasteiger partial charge in [-0.3, -0.25) is 4.79 Å². The van der Waals surface area contributed by atoms with Gasteiger partial charge in [-0.1, -0.05) is 0 Å². The fraction of sp³-hybridized carbons (Fsp3) is 0.143. The van der Waals surface area contributed by atoms with E-state index in [0.717, 1.165) is 0 Å². The maximum Gasteiger partial charge on any atom is 0.373 e. The first-order valence-electron chi connectivity index (χ1n) is 3.59. The van der Waals surface area contributed by atoms with Crippen LogP contribution in [0.4, 0.5) is 14.6 Å². The van der Waals surface area contributed by atoms with Gasteiger partial charge in [0.05, 0.1) is 0 Å². The molecule has 1 rings (SSSR count). The number of carbonyl (C=O) groups excluding carboxylic acids is 1. The van der Waals surface area contributed by atoms with Crippen molar-refractivity contribution in [1.82, 2.24) is 4.98 Å². The SMILES string of the molecule is O=Cc1nc([N+](=O)[O-])c(C(F)F)cc1O. The molecule has 0 radical (unpaired) electrons. The molecule has 1 N–H and O–H groups in total. The summed E-state index contributed by atoms with van der Waals surface area (Å²) in [5, 5.41) is 19.3. The Hall–Kier alpha value is -2.12. The van der Waals surface area contributed by atoms with Crippen molar-refractivity contribution in [2.45, 2.75) is 6.43 Å². The van der Waals surface area contributed by atoms with Gasteiger partial charge in [0.25, 0.3) is 12.1 Å². The van der Waals surface area contributed by atoms with Gasteiger partial charge in [0.1, 0.15) is 5.56 Å². The Kier molecular flexibility index (Phi) is 2.88. The van der Waals surface area contributed by atoms with Crippen LogP contribution in [0.2, 0.25) is 0 Å². The van der Waals surface area contributed by atoms with Gasteiger partial charge >= 0.3 is 5.82 Å². The van der Waals surface area contributed by atoms with Crippen LogP contribution >= 0.6 is 0 Å². The molecule has 0 fully saturated rings. The Labute approximate surface area is 81.3 Å². The molecule has 1 aromatic heterocycles. The van der Waals surface area contributed by atoms with Crippen molar-refractivity contribution in [3.05, 3.63) is 27.4 Å². The molecule has 80 valence electrons. The highest BCUT2D eigenvalue weighted by atomic mass is 19.3. The van der Waals surface area contributed by atoms with Gasteiger partial charge in [-0.15, -0.1) is 0 Å². The molecule has 6 nitrogen and oxygen atoms in total. The fourth-order valence-electron chi connectivity index (χ4n) is 0.915. The van der Waals surface area contributed by atoms with Gasteiger partial charge in [-0.25, -0.2) is 8.78 Å². The van der Waals surface area contributed by atoms with E-state index in [1.54, 1.807) is 0 Å². The fourth-order valence-corrected chi connectivity index (χ4v) is 0.915. The van der Waals surface area contributed by atoms with Crippen LogP contribution in [-0.2, 0) is 0 Å². The Balaban J connectivity index is 3.45. The van der Waals surface area contributed by atoms with Crippen molar-refractivity contribution in [2.75, 3.05) is 0 Å². The van der Waals surface area contributed by atoms with Crippen molar-refractivity contribution in [2.24, 2.45) is 0 Å². The topological polar surface area (TPSA) is 93.3 Å². The van der Waals surface area contributed by atoms with Gasteiger partial charge in [0, 0.05) is 6.07 Å². The van der Waals surface area contributed by atoms with Crippen molar-refractivity contribution >= 4 is 12.1 Å². The van der Waals surface area contributed by atoms with E-state index in [9.17, 15) is 23.7 Å². The molecule has 0 aromatic carbocycles. The summed E-state index contributed by atoms with van der Waals surface area (Å²) < 4.78 is 24.5. The first kappa shape index (κ1) is 11.0. The smallest absolute Gasteiger partial charge is 0.373 e. The van der Waals surface area contributed by atoms with Crippen molar-refractivity contribution in [1.29, 1.82) is 0 Å². The summed E-state index contributed by atoms with van der Waals surface area (Å²) in [5.74, 6) is -1.95. The molecule has 1 heterocycles. The van der Waals surface area contributed by atoms with Crippen LogP contribution in [0.25, 0.3) is 0 Å². The molecule has 0 saturated carbocycles. The number of hydrogen-bond acceptors (Lipinski definition) is 5. The van der Waals surface area contributed by atoms with E-state index in [1.807, 2.05) is 0 Å². The Bertz CT molecular complexity index is 422. The zero-order valence-electron chi connectivity index (χ0n) is 7.05. The summed E-state index contributed by atoms with van der Waals surface area (Å²) in [7, 11) is 0. The van der Waals surface area contributed by atoms with Gasteiger partial charge in [0.15, 0.2) is 12.0 Å². The van der Waals surface area contributed by atoms with Crippen molar-refractivity contribution in [3.63, 3.8) is 0 Å². The zero-order valence-corrected chi connectivity index (χ0v) is 7.05. The molecule has 0 aliphatic rings. The van der Waals surface area contributed by atoms with E-state index >= 15 is 0 Å². The molecule has 8 heteroatoms. The number of aromatic hydroxyl groups is 1. The second kappa shape index (κ2) is 3.95. The molecule has 0 saturated heterocycles. The lowest BCUT2D eigenvalue weighted by molar-refractivity contribution is -0.391. The molecule has 0 bridgehead atoms. The first-order chi connectivity index (χ1) is 6.97. The van der Waals surface area contributed by atoms with E-state index in [4.69, 9.17) is 5.11 Å². The number of aromatic nitrogens is 1. The first-order valence-corrected chi connectivity index (χ1v) is 3.59. The minimum atomic E-state index is -3.15. The molecule has 0 aliphatic heterocycles. The van der Waals surface area contributed by atoms with Gasteiger partial charge in [0.2, 0.25) is 0 Å². The van der Waals surface area contributed by atoms with E-state index in [2.05, 4.69) is 4.98 Å². The predicted molar refractivity (Wildman–Crippen MR) is 42.9 cm³/mol. The van der Waals surface area contributed by atoms with E-state index in [1.165, 1.54) is 0 Å². The normalized spacial score (nSPS) is 10.3. The molecular weight excluding hydrogens is 214 g/mol. The van der Waals surface area contributed by atoms with Crippen LogP contribution in [0.15, 0.2) is 6.07 Å². The molecule has 15 heavy (non-hydrogen) atoms. The quantitative estimate of drug-likeness (QED) is 0.470. The lowest BCUT2D eigenvalue weighted by Gasteiger charge is -2.02. The number of nitrogens with zero attached hydrogens (tertiary/aromatic N) is 2. The number of hydrogen-bond donors (Lipinski definition) is 1. The summed E-state index contributed by atoms with van der Waals surface area (Å²) >= 11 is 0. The summed E-state index contributed by atoms with van der Waals surface area (Å²) in [4.78, 5) is 22.4. The lowest BCUT2D eigenvalue weighted by Crippen LogP contribution is -2.02. The molecule has 0 atom stereocenters. The third-order valence-electron chi connectivity index (χ3n) is 1.56. The number of halogens is 2. The molecule has 1 aromatic rings. The monoisotopic (exact) mass is 218 g/mol. The van der Waals surface area contributed by atoms with E-state index in [-0.39, 0.29) is 6.29 Å². The van der Waals surface area contributed by atoms with E-state index < -0.39 is 34.2 Å². The summed E-state index contributed by atoms with van der Waals surface area (Å²) in [6.07, 6.45) is -3.11. The summed E-state index contributed by atoms with van der Waals surface area (Å²) in [6.45, 7) is 0. The third kappa shape index (κ3) is 2.03. The zero-order chi connectivity index (χ0) is 11.6. The van der Waals surface area contributed by atoms with Crippen LogP contribution in [0.5, 0.6) is 5.75 Å². The molecular formula is C7H4F2N2O4. The second-order valence-corrected chi connectivity index (χ2v) is 2.48. The number of rotatable bonds is 3. The maximum absolute atomic E-state index is 12.3. The largest absolute Gasteiger partial charge is 0.504 e. The minimum absolute atomic E-state index is 0.0393. The average Bonchev–Trinajstić information content (AvgIpc) is 2.16. The van der Waals surface area contributed by atoms with Crippen LogP contribution in [0.3, 0.4) is 0 Å². The Morgan fingerprint density at radius 2 is 2.20 bits per heavy atom. The average molecular weight is 218 g/mol. The number of carbonyl (C=O) groups is 1. The maximum atomic E-state index is 12.3. The van der Waals surface area contributed by atoms with Crippen molar-refractivity contribution < 1.29 is 23.6 Å². The van der Waals surface area contributed by atoms with Crippen LogP contribution in [0, 0.1) is 10.1 Å². The molecule has 0 unspecified atom stereocenters. The highest BCUT2D eigenvalue weighted by Crippen LogP contribution is 2.31. The van der Waals surface area contributed by atoms with Gasteiger partial charge < -0.3 is 15.2 Å². The highest BCUT2D eigenvalue weighted by Gasteiger charge is 2.26. The summed E-state index contributed by atoms with van der Waals surface area (Å²) in [5.41, 5.74) is -1.67. The third-order valence-corrected chi connectivity index (χ3v) is 1.56. The van der Waals surface area contributed by atoms with Crippen molar-refractivity contribution in [3.8, 4) is 5.75 Å². The number of nitro groups is 1. The molecule has 0 amide bonds. The lowest BCUT2D eigenvalue weighted by atomic mass is 10.2. The van der Waals surface area contributed by atoms with Crippen LogP contribution < -0.4 is 0 Å². The number of aldehydes is 1. The standard InChI is InChI=1S/C7H4F2N2O4/c8-6(9)3-1-5(13)4(2-12)10-7(3)11(14)15/h1-2,6,13H. The van der Waals surface area contributed by atoms with Gasteiger partial charge in [-0.2, -0.15) is 0 Å². The number of alkyl halides is 2. The van der Waals surface area contributed by atoms with E-state index in [0.29, 0.717) is 6.07 Å². The highest BCUT2D eigenvalue weighted by molar-refractivity contribution is 5.77. The minimum Gasteiger partial charge on any atom is -0.504 e. The molecule has 0 spiro atoms. The van der Waals surface area contributed by atoms with Gasteiger partial charge in [-0.05, 0) is 9.91 Å². The van der Waals surface area contributed by atoms with Crippen LogP contribution in [0.1, 0.15) is 22.5 Å². The Morgan fingerprint density at radius 1 is 1.60 bits per heavy atom. The molecule has 0 aliphatic carbocycles. The number of pyridine rings is 1.